The topological polar surface area (TPSA) is 57.9 Å². The standard InChI is InChI=1S/C13H16N4/c1-17-7-11(8-17)9-3-2-4-10(5-9)12-6-15-16-13(12)14/h2-6,11H,7-8H2,1H3,(H3,14,15,16). The second kappa shape index (κ2) is 3.89. The van der Waals surface area contributed by atoms with Crippen molar-refractivity contribution in [3.63, 3.8) is 0 Å². The van der Waals surface area contributed by atoms with E-state index in [1.165, 1.54) is 5.56 Å². The Kier molecular flexibility index (Phi) is 2.37. The maximum Gasteiger partial charge on any atom is 0.126 e. The summed E-state index contributed by atoms with van der Waals surface area (Å²) < 4.78 is 0. The number of benzene rings is 1. The van der Waals surface area contributed by atoms with E-state index < -0.39 is 0 Å². The van der Waals surface area contributed by atoms with Crippen LogP contribution in [0, 0.1) is 0 Å². The number of hydrogen-bond acceptors (Lipinski definition) is 3. The predicted molar refractivity (Wildman–Crippen MR) is 68.7 cm³/mol. The van der Waals surface area contributed by atoms with E-state index in [4.69, 9.17) is 5.73 Å². The summed E-state index contributed by atoms with van der Waals surface area (Å²) in [5.74, 6) is 1.29. The number of likely N-dealkylation sites (tertiary alicyclic amines) is 1. The quantitative estimate of drug-likeness (QED) is 0.822. The van der Waals surface area contributed by atoms with Crippen molar-refractivity contribution in [2.75, 3.05) is 25.9 Å². The molecule has 0 bridgehead atoms. The van der Waals surface area contributed by atoms with Crippen LogP contribution in [0.15, 0.2) is 30.5 Å². The van der Waals surface area contributed by atoms with Crippen molar-refractivity contribution in [3.05, 3.63) is 36.0 Å². The summed E-state index contributed by atoms with van der Waals surface area (Å²) in [7, 11) is 2.15. The molecule has 1 aromatic heterocycles. The van der Waals surface area contributed by atoms with Crippen LogP contribution in [0.4, 0.5) is 5.82 Å². The second-order valence-electron chi connectivity index (χ2n) is 4.74. The Morgan fingerprint density at radius 1 is 1.41 bits per heavy atom. The van der Waals surface area contributed by atoms with Crippen LogP contribution in [-0.2, 0) is 0 Å². The van der Waals surface area contributed by atoms with Gasteiger partial charge in [0.05, 0.1) is 6.20 Å². The highest BCUT2D eigenvalue weighted by atomic mass is 15.2. The molecule has 17 heavy (non-hydrogen) atoms. The fraction of sp³-hybridized carbons (Fsp3) is 0.308. The van der Waals surface area contributed by atoms with Gasteiger partial charge in [0.25, 0.3) is 0 Å². The van der Waals surface area contributed by atoms with Gasteiger partial charge in [0.15, 0.2) is 0 Å². The van der Waals surface area contributed by atoms with Gasteiger partial charge in [0, 0.05) is 24.6 Å². The Bertz CT molecular complexity index is 526. The molecule has 0 spiro atoms. The third kappa shape index (κ3) is 1.80. The molecule has 2 heterocycles. The van der Waals surface area contributed by atoms with Crippen molar-refractivity contribution < 1.29 is 0 Å². The summed E-state index contributed by atoms with van der Waals surface area (Å²) >= 11 is 0. The van der Waals surface area contributed by atoms with E-state index in [9.17, 15) is 0 Å². The van der Waals surface area contributed by atoms with Crippen LogP contribution in [0.2, 0.25) is 0 Å². The number of aromatic nitrogens is 2. The maximum atomic E-state index is 5.84. The third-order valence-electron chi connectivity index (χ3n) is 3.40. The minimum atomic E-state index is 0.632. The lowest BCUT2D eigenvalue weighted by Gasteiger charge is -2.36. The number of hydrogen-bond donors (Lipinski definition) is 2. The lowest BCUT2D eigenvalue weighted by molar-refractivity contribution is 0.190. The summed E-state index contributed by atoms with van der Waals surface area (Å²) in [6.07, 6.45) is 1.78. The minimum absolute atomic E-state index is 0.632. The summed E-state index contributed by atoms with van der Waals surface area (Å²) in [6, 6.07) is 8.58. The lowest BCUT2D eigenvalue weighted by atomic mass is 9.90. The van der Waals surface area contributed by atoms with Crippen molar-refractivity contribution in [3.8, 4) is 11.1 Å². The van der Waals surface area contributed by atoms with Crippen LogP contribution in [0.25, 0.3) is 11.1 Å². The zero-order valence-electron chi connectivity index (χ0n) is 9.85. The molecule has 1 saturated heterocycles. The number of nitrogens with two attached hydrogens (primary N) is 1. The molecule has 4 nitrogen and oxygen atoms in total. The molecule has 1 aromatic carbocycles. The highest BCUT2D eigenvalue weighted by molar-refractivity contribution is 5.73. The predicted octanol–water partition coefficient (Wildman–Crippen LogP) is 1.69. The van der Waals surface area contributed by atoms with Crippen molar-refractivity contribution in [1.29, 1.82) is 0 Å². The molecule has 0 atom stereocenters. The first-order valence-electron chi connectivity index (χ1n) is 5.82. The Labute approximate surface area is 100 Å². The Morgan fingerprint density at radius 3 is 2.88 bits per heavy atom. The molecule has 1 aliphatic heterocycles. The second-order valence-corrected chi connectivity index (χ2v) is 4.74. The minimum Gasteiger partial charge on any atom is -0.384 e. The van der Waals surface area contributed by atoms with Gasteiger partial charge < -0.3 is 10.6 Å². The molecule has 3 N–H and O–H groups in total. The van der Waals surface area contributed by atoms with Gasteiger partial charge >= 0.3 is 0 Å². The third-order valence-corrected chi connectivity index (χ3v) is 3.40. The number of rotatable bonds is 2. The van der Waals surface area contributed by atoms with Gasteiger partial charge in [-0.05, 0) is 18.2 Å². The highest BCUT2D eigenvalue weighted by Crippen LogP contribution is 2.30. The molecule has 2 aromatic rings. The van der Waals surface area contributed by atoms with Crippen molar-refractivity contribution >= 4 is 5.82 Å². The zero-order valence-corrected chi connectivity index (χ0v) is 9.85. The van der Waals surface area contributed by atoms with E-state index in [2.05, 4.69) is 46.4 Å². The maximum absolute atomic E-state index is 5.84. The normalized spacial score (nSPS) is 17.0. The number of nitrogens with zero attached hydrogens (tertiary/aromatic N) is 2. The van der Waals surface area contributed by atoms with E-state index in [0.29, 0.717) is 11.7 Å². The SMILES string of the molecule is CN1CC(c2cccc(-c3cn[nH]c3N)c2)C1. The molecule has 4 heteroatoms. The Hall–Kier alpha value is -1.81. The monoisotopic (exact) mass is 228 g/mol. The molecule has 0 radical (unpaired) electrons. The molecule has 0 amide bonds. The molecular weight excluding hydrogens is 212 g/mol. The van der Waals surface area contributed by atoms with Gasteiger partial charge in [-0.3, -0.25) is 5.10 Å². The van der Waals surface area contributed by atoms with E-state index in [-0.39, 0.29) is 0 Å². The Morgan fingerprint density at radius 2 is 2.24 bits per heavy atom. The van der Waals surface area contributed by atoms with Gasteiger partial charge in [0.1, 0.15) is 5.82 Å². The molecule has 0 unspecified atom stereocenters. The summed E-state index contributed by atoms with van der Waals surface area (Å²) in [5.41, 5.74) is 9.36. The van der Waals surface area contributed by atoms with E-state index in [1.807, 2.05) is 0 Å². The first-order chi connectivity index (χ1) is 8.24. The fourth-order valence-electron chi connectivity index (χ4n) is 2.40. The molecule has 88 valence electrons. The number of aromatic amines is 1. The number of H-pyrrole nitrogens is 1. The number of nitrogen functional groups attached to an aromatic ring is 1. The van der Waals surface area contributed by atoms with Crippen molar-refractivity contribution in [1.82, 2.24) is 15.1 Å². The number of nitrogens with one attached hydrogen (secondary N) is 1. The highest BCUT2D eigenvalue weighted by Gasteiger charge is 2.24. The van der Waals surface area contributed by atoms with Crippen LogP contribution in [0.1, 0.15) is 11.5 Å². The summed E-state index contributed by atoms with van der Waals surface area (Å²) in [6.45, 7) is 2.29. The van der Waals surface area contributed by atoms with Gasteiger partial charge in [-0.25, -0.2) is 0 Å². The Balaban J connectivity index is 1.92. The average molecular weight is 228 g/mol. The average Bonchev–Trinajstić information content (AvgIpc) is 2.71. The number of anilines is 1. The summed E-state index contributed by atoms with van der Waals surface area (Å²) in [5, 5.41) is 6.73. The molecule has 3 rings (SSSR count). The van der Waals surface area contributed by atoms with Crippen LogP contribution >= 0.6 is 0 Å². The molecule has 1 aliphatic rings. The first-order valence-corrected chi connectivity index (χ1v) is 5.82. The van der Waals surface area contributed by atoms with E-state index in [0.717, 1.165) is 24.2 Å². The van der Waals surface area contributed by atoms with Crippen LogP contribution < -0.4 is 5.73 Å². The van der Waals surface area contributed by atoms with E-state index in [1.54, 1.807) is 6.20 Å². The largest absolute Gasteiger partial charge is 0.384 e. The molecular formula is C13H16N4. The molecule has 1 fully saturated rings. The van der Waals surface area contributed by atoms with Gasteiger partial charge in [0.2, 0.25) is 0 Å². The van der Waals surface area contributed by atoms with Crippen LogP contribution in [0.5, 0.6) is 0 Å². The van der Waals surface area contributed by atoms with Gasteiger partial charge in [-0.2, -0.15) is 5.10 Å². The lowest BCUT2D eigenvalue weighted by Crippen LogP contribution is -2.41. The number of likely N-dealkylation sites (N-methyl/N-ethyl adjacent to an activating group) is 1. The molecule has 0 aliphatic carbocycles. The first kappa shape index (κ1) is 10.4. The van der Waals surface area contributed by atoms with Gasteiger partial charge in [-0.1, -0.05) is 24.3 Å². The van der Waals surface area contributed by atoms with Gasteiger partial charge in [-0.15, -0.1) is 0 Å². The van der Waals surface area contributed by atoms with Crippen molar-refractivity contribution in [2.24, 2.45) is 0 Å². The van der Waals surface area contributed by atoms with Crippen LogP contribution in [0.3, 0.4) is 0 Å². The summed E-state index contributed by atoms with van der Waals surface area (Å²) in [4.78, 5) is 2.32. The van der Waals surface area contributed by atoms with Crippen LogP contribution in [-0.4, -0.2) is 35.2 Å². The smallest absolute Gasteiger partial charge is 0.126 e. The van der Waals surface area contributed by atoms with Crippen molar-refractivity contribution in [2.45, 2.75) is 5.92 Å². The van der Waals surface area contributed by atoms with E-state index >= 15 is 0 Å². The zero-order chi connectivity index (χ0) is 11.8. The fourth-order valence-corrected chi connectivity index (χ4v) is 2.40. The molecule has 0 saturated carbocycles.